The van der Waals surface area contributed by atoms with Gasteiger partial charge in [-0.15, -0.1) is 0 Å². The average Bonchev–Trinajstić information content (AvgIpc) is 2.77. The lowest BCUT2D eigenvalue weighted by molar-refractivity contribution is -0.138. The summed E-state index contributed by atoms with van der Waals surface area (Å²) in [6.07, 6.45) is 5.98. The molecule has 1 aliphatic carbocycles. The minimum atomic E-state index is -0.138. The predicted octanol–water partition coefficient (Wildman–Crippen LogP) is 2.63. The molecule has 2 aliphatic rings. The molecular formula is C22H33N3O3. The van der Waals surface area contributed by atoms with Crippen LogP contribution in [0.3, 0.4) is 0 Å². The van der Waals surface area contributed by atoms with Gasteiger partial charge in [0.05, 0.1) is 13.2 Å². The minimum absolute atomic E-state index is 0.0249. The smallest absolute Gasteiger partial charge is 0.254 e. The van der Waals surface area contributed by atoms with Gasteiger partial charge in [0.1, 0.15) is 5.75 Å². The monoisotopic (exact) mass is 387 g/mol. The third kappa shape index (κ3) is 4.66. The van der Waals surface area contributed by atoms with Crippen LogP contribution in [0.2, 0.25) is 0 Å². The summed E-state index contributed by atoms with van der Waals surface area (Å²) in [5.41, 5.74) is 0.647. The molecule has 1 saturated carbocycles. The molecule has 6 heteroatoms. The van der Waals surface area contributed by atoms with E-state index in [1.807, 2.05) is 42.0 Å². The molecule has 1 unspecified atom stereocenters. The Balaban J connectivity index is 1.53. The molecule has 0 bridgehead atoms. The highest BCUT2D eigenvalue weighted by atomic mass is 16.5. The summed E-state index contributed by atoms with van der Waals surface area (Å²) in [6.45, 7) is 4.73. The minimum Gasteiger partial charge on any atom is -0.497 e. The molecule has 2 fully saturated rings. The molecule has 1 aliphatic heterocycles. The first-order chi connectivity index (χ1) is 13.5. The summed E-state index contributed by atoms with van der Waals surface area (Å²) in [5, 5.41) is 0. The number of hydrogen-bond acceptors (Lipinski definition) is 4. The third-order valence-corrected chi connectivity index (χ3v) is 6.29. The van der Waals surface area contributed by atoms with Crippen molar-refractivity contribution in [2.75, 3.05) is 40.3 Å². The average molecular weight is 388 g/mol. The lowest BCUT2D eigenvalue weighted by Crippen LogP contribution is -2.56. The topological polar surface area (TPSA) is 53.1 Å². The molecule has 6 nitrogen and oxygen atoms in total. The molecule has 1 atom stereocenters. The Labute approximate surface area is 168 Å². The number of methoxy groups -OCH3 is 1. The largest absolute Gasteiger partial charge is 0.497 e. The van der Waals surface area contributed by atoms with Gasteiger partial charge in [0.15, 0.2) is 0 Å². The Hall–Kier alpha value is -2.08. The zero-order valence-electron chi connectivity index (χ0n) is 17.4. The van der Waals surface area contributed by atoms with E-state index in [0.717, 1.165) is 25.9 Å². The van der Waals surface area contributed by atoms with Gasteiger partial charge >= 0.3 is 0 Å². The van der Waals surface area contributed by atoms with E-state index >= 15 is 0 Å². The second kappa shape index (κ2) is 9.41. The second-order valence-corrected chi connectivity index (χ2v) is 7.98. The van der Waals surface area contributed by atoms with Crippen molar-refractivity contribution in [2.45, 2.75) is 51.1 Å². The van der Waals surface area contributed by atoms with E-state index in [0.29, 0.717) is 30.4 Å². The van der Waals surface area contributed by atoms with Crippen molar-refractivity contribution in [3.63, 3.8) is 0 Å². The maximum atomic E-state index is 12.9. The first-order valence-corrected chi connectivity index (χ1v) is 10.5. The fourth-order valence-electron chi connectivity index (χ4n) is 4.35. The van der Waals surface area contributed by atoms with Crippen molar-refractivity contribution in [3.8, 4) is 5.75 Å². The highest BCUT2D eigenvalue weighted by Crippen LogP contribution is 2.23. The van der Waals surface area contributed by atoms with E-state index in [4.69, 9.17) is 4.74 Å². The Morgan fingerprint density at radius 2 is 1.79 bits per heavy atom. The fourth-order valence-corrected chi connectivity index (χ4v) is 4.35. The SMILES string of the molecule is COc1cccc(C(=O)N2CCN(C(C)C(=O)N(C)C3CCCCC3)CC2)c1. The quantitative estimate of drug-likeness (QED) is 0.779. The van der Waals surface area contributed by atoms with Gasteiger partial charge in [0.2, 0.25) is 5.91 Å². The molecule has 1 heterocycles. The molecule has 3 rings (SSSR count). The number of rotatable bonds is 5. The van der Waals surface area contributed by atoms with Crippen LogP contribution in [0.25, 0.3) is 0 Å². The molecule has 28 heavy (non-hydrogen) atoms. The van der Waals surface area contributed by atoms with Gasteiger partial charge in [-0.25, -0.2) is 0 Å². The van der Waals surface area contributed by atoms with Gasteiger partial charge in [-0.1, -0.05) is 25.3 Å². The molecule has 154 valence electrons. The Morgan fingerprint density at radius 1 is 1.11 bits per heavy atom. The molecule has 1 aromatic carbocycles. The van der Waals surface area contributed by atoms with Crippen LogP contribution in [0, 0.1) is 0 Å². The molecule has 0 N–H and O–H groups in total. The number of likely N-dealkylation sites (N-methyl/N-ethyl adjacent to an activating group) is 1. The Morgan fingerprint density at radius 3 is 2.43 bits per heavy atom. The first-order valence-electron chi connectivity index (χ1n) is 10.5. The van der Waals surface area contributed by atoms with Crippen molar-refractivity contribution < 1.29 is 14.3 Å². The van der Waals surface area contributed by atoms with Gasteiger partial charge in [0, 0.05) is 44.8 Å². The van der Waals surface area contributed by atoms with Crippen LogP contribution >= 0.6 is 0 Å². The lowest BCUT2D eigenvalue weighted by Gasteiger charge is -2.40. The number of carbonyl (C=O) groups is 2. The van der Waals surface area contributed by atoms with Crippen molar-refractivity contribution in [2.24, 2.45) is 0 Å². The predicted molar refractivity (Wildman–Crippen MR) is 110 cm³/mol. The van der Waals surface area contributed by atoms with Crippen LogP contribution in [0.5, 0.6) is 5.75 Å². The van der Waals surface area contributed by atoms with Crippen molar-refractivity contribution in [1.82, 2.24) is 14.7 Å². The molecule has 1 saturated heterocycles. The molecular weight excluding hydrogens is 354 g/mol. The third-order valence-electron chi connectivity index (χ3n) is 6.29. The zero-order chi connectivity index (χ0) is 20.1. The maximum absolute atomic E-state index is 12.9. The standard InChI is InChI=1S/C22H33N3O3/c1-17(21(26)23(2)19-9-5-4-6-10-19)24-12-14-25(15-13-24)22(27)18-8-7-11-20(16-18)28-3/h7-8,11,16-17,19H,4-6,9-10,12-15H2,1-3H3. The lowest BCUT2D eigenvalue weighted by atomic mass is 9.94. The summed E-state index contributed by atoms with van der Waals surface area (Å²) < 4.78 is 5.22. The van der Waals surface area contributed by atoms with Crippen LogP contribution in [0.4, 0.5) is 0 Å². The van der Waals surface area contributed by atoms with E-state index < -0.39 is 0 Å². The first kappa shape index (κ1) is 20.6. The Kier molecular flexibility index (Phi) is 6.94. The number of nitrogens with zero attached hydrogens (tertiary/aromatic N) is 3. The van der Waals surface area contributed by atoms with Gasteiger partial charge in [0.25, 0.3) is 5.91 Å². The van der Waals surface area contributed by atoms with Crippen molar-refractivity contribution >= 4 is 11.8 Å². The van der Waals surface area contributed by atoms with Gasteiger partial charge in [-0.05, 0) is 38.0 Å². The highest BCUT2D eigenvalue weighted by Gasteiger charge is 2.31. The summed E-state index contributed by atoms with van der Waals surface area (Å²) in [7, 11) is 3.56. The number of piperazine rings is 1. The normalized spacial score (nSPS) is 19.9. The molecule has 0 radical (unpaired) electrons. The molecule has 0 spiro atoms. The van der Waals surface area contributed by atoms with Crippen LogP contribution < -0.4 is 4.74 Å². The molecule has 0 aromatic heterocycles. The number of hydrogen-bond donors (Lipinski definition) is 0. The summed E-state index contributed by atoms with van der Waals surface area (Å²) >= 11 is 0. The number of ether oxygens (including phenoxy) is 1. The highest BCUT2D eigenvalue weighted by molar-refractivity contribution is 5.94. The van der Waals surface area contributed by atoms with E-state index in [1.165, 1.54) is 19.3 Å². The van der Waals surface area contributed by atoms with E-state index in [-0.39, 0.29) is 17.9 Å². The molecule has 2 amide bonds. The van der Waals surface area contributed by atoms with Crippen molar-refractivity contribution in [1.29, 1.82) is 0 Å². The summed E-state index contributed by atoms with van der Waals surface area (Å²) in [6, 6.07) is 7.53. The van der Waals surface area contributed by atoms with Gasteiger partial charge in [-0.2, -0.15) is 0 Å². The fraction of sp³-hybridized carbons (Fsp3) is 0.636. The van der Waals surface area contributed by atoms with E-state index in [1.54, 1.807) is 13.2 Å². The Bertz CT molecular complexity index is 679. The van der Waals surface area contributed by atoms with Crippen LogP contribution in [0.15, 0.2) is 24.3 Å². The summed E-state index contributed by atoms with van der Waals surface area (Å²) in [5.74, 6) is 0.922. The van der Waals surface area contributed by atoms with Gasteiger partial charge in [-0.3, -0.25) is 14.5 Å². The summed E-state index contributed by atoms with van der Waals surface area (Å²) in [4.78, 5) is 31.8. The number of benzene rings is 1. The number of carbonyl (C=O) groups excluding carboxylic acids is 2. The molecule has 1 aromatic rings. The van der Waals surface area contributed by atoms with E-state index in [9.17, 15) is 9.59 Å². The second-order valence-electron chi connectivity index (χ2n) is 7.98. The zero-order valence-corrected chi connectivity index (χ0v) is 17.4. The van der Waals surface area contributed by atoms with E-state index in [2.05, 4.69) is 4.90 Å². The number of amides is 2. The van der Waals surface area contributed by atoms with Crippen LogP contribution in [-0.2, 0) is 4.79 Å². The van der Waals surface area contributed by atoms with Crippen molar-refractivity contribution in [3.05, 3.63) is 29.8 Å². The maximum Gasteiger partial charge on any atom is 0.254 e. The van der Waals surface area contributed by atoms with Crippen LogP contribution in [0.1, 0.15) is 49.4 Å². The van der Waals surface area contributed by atoms with Crippen LogP contribution in [-0.4, -0.2) is 78.9 Å². The van der Waals surface area contributed by atoms with Gasteiger partial charge < -0.3 is 14.5 Å².